The van der Waals surface area contributed by atoms with Crippen LogP contribution in [0.5, 0.6) is 0 Å². The number of aryl methyl sites for hydroxylation is 1. The van der Waals surface area contributed by atoms with Gasteiger partial charge in [0.2, 0.25) is 0 Å². The number of H-pyrrole nitrogens is 1. The SMILES string of the molecule is Cc1[nH]nc(S(=O)(=O)N(C)CC2CCCC2)c1CCl. The molecule has 1 aromatic rings. The highest BCUT2D eigenvalue weighted by molar-refractivity contribution is 7.89. The van der Waals surface area contributed by atoms with E-state index in [1.54, 1.807) is 14.0 Å². The Morgan fingerprint density at radius 2 is 2.05 bits per heavy atom. The van der Waals surface area contributed by atoms with Gasteiger partial charge in [-0.05, 0) is 25.7 Å². The van der Waals surface area contributed by atoms with Crippen molar-refractivity contribution in [3.8, 4) is 0 Å². The normalized spacial score (nSPS) is 17.5. The third kappa shape index (κ3) is 2.95. The second kappa shape index (κ2) is 5.81. The summed E-state index contributed by atoms with van der Waals surface area (Å²) in [7, 11) is -1.92. The molecule has 0 spiro atoms. The number of alkyl halides is 1. The molecule has 108 valence electrons. The fraction of sp³-hybridized carbons (Fsp3) is 0.750. The number of hydrogen-bond acceptors (Lipinski definition) is 3. The molecule has 0 amide bonds. The van der Waals surface area contributed by atoms with E-state index in [1.807, 2.05) is 0 Å². The molecule has 19 heavy (non-hydrogen) atoms. The lowest BCUT2D eigenvalue weighted by Gasteiger charge is -2.20. The molecule has 1 aliphatic rings. The van der Waals surface area contributed by atoms with Crippen LogP contribution in [-0.4, -0.2) is 36.5 Å². The molecule has 0 radical (unpaired) electrons. The summed E-state index contributed by atoms with van der Waals surface area (Å²) in [6.07, 6.45) is 4.63. The van der Waals surface area contributed by atoms with Gasteiger partial charge in [-0.1, -0.05) is 12.8 Å². The zero-order valence-electron chi connectivity index (χ0n) is 11.3. The van der Waals surface area contributed by atoms with E-state index in [0.29, 0.717) is 23.7 Å². The first-order chi connectivity index (χ1) is 8.96. The fourth-order valence-corrected chi connectivity index (χ4v) is 4.41. The van der Waals surface area contributed by atoms with Gasteiger partial charge in [-0.3, -0.25) is 5.10 Å². The number of aromatic nitrogens is 2. The zero-order valence-corrected chi connectivity index (χ0v) is 12.9. The van der Waals surface area contributed by atoms with E-state index in [0.717, 1.165) is 12.8 Å². The van der Waals surface area contributed by atoms with Crippen molar-refractivity contribution < 1.29 is 8.42 Å². The monoisotopic (exact) mass is 305 g/mol. The maximum Gasteiger partial charge on any atom is 0.262 e. The van der Waals surface area contributed by atoms with Crippen LogP contribution in [0.15, 0.2) is 5.03 Å². The van der Waals surface area contributed by atoms with Gasteiger partial charge in [-0.2, -0.15) is 9.40 Å². The van der Waals surface area contributed by atoms with Gasteiger partial charge >= 0.3 is 0 Å². The lowest BCUT2D eigenvalue weighted by molar-refractivity contribution is 0.386. The lowest BCUT2D eigenvalue weighted by Crippen LogP contribution is -2.32. The van der Waals surface area contributed by atoms with Crippen molar-refractivity contribution in [2.24, 2.45) is 5.92 Å². The third-order valence-electron chi connectivity index (χ3n) is 3.81. The number of nitrogens with zero attached hydrogens (tertiary/aromatic N) is 2. The first-order valence-corrected chi connectivity index (χ1v) is 8.50. The Morgan fingerprint density at radius 3 is 2.63 bits per heavy atom. The minimum Gasteiger partial charge on any atom is -0.281 e. The standard InChI is InChI=1S/C12H20ClN3O2S/c1-9-11(7-13)12(15-14-9)19(17,18)16(2)8-10-5-3-4-6-10/h10H,3-8H2,1-2H3,(H,14,15). The smallest absolute Gasteiger partial charge is 0.262 e. The summed E-state index contributed by atoms with van der Waals surface area (Å²) in [5, 5.41) is 6.69. The van der Waals surface area contributed by atoms with Crippen molar-refractivity contribution in [2.75, 3.05) is 13.6 Å². The molecule has 1 aliphatic carbocycles. The number of rotatable bonds is 5. The largest absolute Gasteiger partial charge is 0.281 e. The van der Waals surface area contributed by atoms with Crippen molar-refractivity contribution >= 4 is 21.6 Å². The minimum absolute atomic E-state index is 0.0699. The Labute approximate surface area is 119 Å². The van der Waals surface area contributed by atoms with Gasteiger partial charge in [0, 0.05) is 24.8 Å². The predicted molar refractivity (Wildman–Crippen MR) is 74.7 cm³/mol. The Bertz CT molecular complexity index is 535. The van der Waals surface area contributed by atoms with E-state index in [-0.39, 0.29) is 10.9 Å². The molecule has 0 aliphatic heterocycles. The van der Waals surface area contributed by atoms with E-state index >= 15 is 0 Å². The van der Waals surface area contributed by atoms with Crippen LogP contribution in [0.25, 0.3) is 0 Å². The molecule has 1 fully saturated rings. The molecule has 0 bridgehead atoms. The average Bonchev–Trinajstić information content (AvgIpc) is 2.98. The predicted octanol–water partition coefficient (Wildman–Crippen LogP) is 2.27. The lowest BCUT2D eigenvalue weighted by atomic mass is 10.1. The second-order valence-corrected chi connectivity index (χ2v) is 7.43. The third-order valence-corrected chi connectivity index (χ3v) is 5.88. The highest BCUT2D eigenvalue weighted by Gasteiger charge is 2.30. The molecule has 2 rings (SSSR count). The molecule has 1 aromatic heterocycles. The Kier molecular flexibility index (Phi) is 4.53. The number of aromatic amines is 1. The van der Waals surface area contributed by atoms with Crippen LogP contribution in [0, 0.1) is 12.8 Å². The minimum atomic E-state index is -3.54. The number of hydrogen-bond donors (Lipinski definition) is 1. The number of halogens is 1. The molecule has 0 aromatic carbocycles. The summed E-state index contributed by atoms with van der Waals surface area (Å²) >= 11 is 5.82. The highest BCUT2D eigenvalue weighted by Crippen LogP contribution is 2.28. The Hall–Kier alpha value is -0.590. The van der Waals surface area contributed by atoms with Gasteiger partial charge in [0.25, 0.3) is 10.0 Å². The van der Waals surface area contributed by atoms with Gasteiger partial charge in [0.05, 0.1) is 5.88 Å². The zero-order chi connectivity index (χ0) is 14.0. The van der Waals surface area contributed by atoms with Crippen LogP contribution in [0.4, 0.5) is 0 Å². The summed E-state index contributed by atoms with van der Waals surface area (Å²) in [6.45, 7) is 2.34. The molecule has 7 heteroatoms. The summed E-state index contributed by atoms with van der Waals surface area (Å²) in [5.74, 6) is 0.619. The first kappa shape index (κ1) is 14.8. The van der Waals surface area contributed by atoms with Crippen molar-refractivity contribution in [2.45, 2.75) is 43.5 Å². The number of nitrogens with one attached hydrogen (secondary N) is 1. The maximum absolute atomic E-state index is 12.5. The Balaban J connectivity index is 2.20. The van der Waals surface area contributed by atoms with Crippen molar-refractivity contribution in [3.63, 3.8) is 0 Å². The molecule has 0 saturated heterocycles. The summed E-state index contributed by atoms with van der Waals surface area (Å²) in [6, 6.07) is 0. The molecular weight excluding hydrogens is 286 g/mol. The van der Waals surface area contributed by atoms with Gasteiger partial charge in [-0.15, -0.1) is 11.6 Å². The van der Waals surface area contributed by atoms with Gasteiger partial charge in [0.1, 0.15) is 0 Å². The summed E-state index contributed by atoms with van der Waals surface area (Å²) < 4.78 is 26.4. The van der Waals surface area contributed by atoms with E-state index in [1.165, 1.54) is 17.1 Å². The van der Waals surface area contributed by atoms with Gasteiger partial charge < -0.3 is 0 Å². The quantitative estimate of drug-likeness (QED) is 0.849. The van der Waals surface area contributed by atoms with Crippen molar-refractivity contribution in [1.82, 2.24) is 14.5 Å². The molecule has 1 heterocycles. The van der Waals surface area contributed by atoms with E-state index in [2.05, 4.69) is 10.2 Å². The average molecular weight is 306 g/mol. The van der Waals surface area contributed by atoms with Crippen molar-refractivity contribution in [3.05, 3.63) is 11.3 Å². The van der Waals surface area contributed by atoms with Crippen LogP contribution in [-0.2, 0) is 15.9 Å². The van der Waals surface area contributed by atoms with Gasteiger partial charge in [0.15, 0.2) is 5.03 Å². The first-order valence-electron chi connectivity index (χ1n) is 6.53. The van der Waals surface area contributed by atoms with Crippen LogP contribution in [0.3, 0.4) is 0 Å². The maximum atomic E-state index is 12.5. The number of sulfonamides is 1. The highest BCUT2D eigenvalue weighted by atomic mass is 35.5. The summed E-state index contributed by atoms with van der Waals surface area (Å²) in [4.78, 5) is 0. The van der Waals surface area contributed by atoms with Gasteiger partial charge in [-0.25, -0.2) is 8.42 Å². The molecule has 1 N–H and O–H groups in total. The van der Waals surface area contributed by atoms with E-state index < -0.39 is 10.0 Å². The van der Waals surface area contributed by atoms with E-state index in [9.17, 15) is 8.42 Å². The second-order valence-electron chi connectivity index (χ2n) is 5.20. The molecule has 1 saturated carbocycles. The Morgan fingerprint density at radius 1 is 1.42 bits per heavy atom. The van der Waals surface area contributed by atoms with Crippen LogP contribution in [0.2, 0.25) is 0 Å². The van der Waals surface area contributed by atoms with Crippen LogP contribution >= 0.6 is 11.6 Å². The van der Waals surface area contributed by atoms with Crippen molar-refractivity contribution in [1.29, 1.82) is 0 Å². The molecule has 0 unspecified atom stereocenters. The van der Waals surface area contributed by atoms with Crippen LogP contribution < -0.4 is 0 Å². The van der Waals surface area contributed by atoms with E-state index in [4.69, 9.17) is 11.6 Å². The molecular formula is C12H20ClN3O2S. The fourth-order valence-electron chi connectivity index (χ4n) is 2.60. The molecule has 5 nitrogen and oxygen atoms in total. The topological polar surface area (TPSA) is 66.1 Å². The summed E-state index contributed by atoms with van der Waals surface area (Å²) in [5.41, 5.74) is 1.28. The molecule has 0 atom stereocenters. The van der Waals surface area contributed by atoms with Crippen LogP contribution in [0.1, 0.15) is 36.9 Å².